The van der Waals surface area contributed by atoms with Gasteiger partial charge in [-0.3, -0.25) is 0 Å². The monoisotopic (exact) mass is 654 g/mol. The Bertz CT molecular complexity index is 1450. The average molecular weight is 655 g/mol. The predicted molar refractivity (Wildman–Crippen MR) is 194 cm³/mol. The molecule has 0 saturated heterocycles. The lowest BCUT2D eigenvalue weighted by atomic mass is 9.72. The summed E-state index contributed by atoms with van der Waals surface area (Å²) < 4.78 is 9.06. The van der Waals surface area contributed by atoms with Crippen LogP contribution in [0.3, 0.4) is 0 Å². The van der Waals surface area contributed by atoms with Crippen LogP contribution >= 0.6 is 0 Å². The molecule has 48 heavy (non-hydrogen) atoms. The first-order valence-corrected chi connectivity index (χ1v) is 16.8. The van der Waals surface area contributed by atoms with E-state index in [2.05, 4.69) is 75.3 Å². The van der Waals surface area contributed by atoms with Crippen molar-refractivity contribution in [2.45, 2.75) is 108 Å². The molecule has 258 valence electrons. The summed E-state index contributed by atoms with van der Waals surface area (Å²) in [5.41, 5.74) is 9.04. The first-order valence-electron chi connectivity index (χ1n) is 16.8. The van der Waals surface area contributed by atoms with Crippen molar-refractivity contribution in [2.24, 2.45) is 10.8 Å². The maximum atomic E-state index is 12.1. The lowest BCUT2D eigenvalue weighted by Crippen LogP contribution is -2.24. The van der Waals surface area contributed by atoms with E-state index in [1.54, 1.807) is 38.2 Å². The molecule has 0 amide bonds. The van der Waals surface area contributed by atoms with Crippen molar-refractivity contribution in [1.82, 2.24) is 0 Å². The molecule has 0 aliphatic heterocycles. The Hall–Kier alpha value is -4.32. The molecule has 0 aromatic heterocycles. The summed E-state index contributed by atoms with van der Waals surface area (Å²) in [6.45, 7) is 20.8. The van der Waals surface area contributed by atoms with Crippen LogP contribution in [0.25, 0.3) is 0 Å². The van der Waals surface area contributed by atoms with Crippen molar-refractivity contribution in [3.63, 3.8) is 0 Å². The minimum Gasteiger partial charge on any atom is -0.381 e. The Morgan fingerprint density at radius 1 is 0.562 bits per heavy atom. The quantitative estimate of drug-likeness (QED) is 0.0766. The third-order valence-corrected chi connectivity index (χ3v) is 8.79. The maximum Gasteiger partial charge on any atom is 0.425 e. The van der Waals surface area contributed by atoms with Crippen LogP contribution in [-0.2, 0) is 28.7 Å². The molecule has 0 aromatic rings. The van der Waals surface area contributed by atoms with E-state index in [-0.39, 0.29) is 10.8 Å². The molecule has 0 unspecified atom stereocenters. The van der Waals surface area contributed by atoms with Gasteiger partial charge >= 0.3 is 23.9 Å². The number of carbonyl (C=O) groups is 4. The molecule has 0 fully saturated rings. The van der Waals surface area contributed by atoms with Crippen LogP contribution in [0.15, 0.2) is 117 Å². The van der Waals surface area contributed by atoms with Crippen LogP contribution < -0.4 is 0 Å². The van der Waals surface area contributed by atoms with Gasteiger partial charge in [-0.1, -0.05) is 111 Å². The summed E-state index contributed by atoms with van der Waals surface area (Å²) in [6, 6.07) is 0. The summed E-state index contributed by atoms with van der Waals surface area (Å²) in [6.07, 6.45) is 28.5. The molecule has 0 bridgehead atoms. The fourth-order valence-corrected chi connectivity index (χ4v) is 6.06. The highest BCUT2D eigenvalue weighted by molar-refractivity contribution is 6.33. The number of hydrogen-bond donors (Lipinski definition) is 0. The first-order chi connectivity index (χ1) is 22.4. The average Bonchev–Trinajstić information content (AvgIpc) is 2.95. The van der Waals surface area contributed by atoms with Gasteiger partial charge < -0.3 is 9.47 Å². The highest BCUT2D eigenvalue weighted by Crippen LogP contribution is 2.41. The maximum absolute atomic E-state index is 12.1. The number of ether oxygens (including phenoxy) is 2. The Morgan fingerprint density at radius 2 is 0.917 bits per heavy atom. The van der Waals surface area contributed by atoms with Gasteiger partial charge in [0.1, 0.15) is 0 Å². The first kappa shape index (κ1) is 39.9. The number of carbonyl (C=O) groups excluding carboxylic acids is 4. The molecule has 0 atom stereocenters. The lowest BCUT2D eigenvalue weighted by molar-refractivity contribution is -0.174. The van der Waals surface area contributed by atoms with Crippen LogP contribution in [0.4, 0.5) is 0 Å². The van der Waals surface area contributed by atoms with Gasteiger partial charge in [0.2, 0.25) is 0 Å². The van der Waals surface area contributed by atoms with Crippen LogP contribution in [0.1, 0.15) is 108 Å². The summed E-state index contributed by atoms with van der Waals surface area (Å²) in [4.78, 5) is 48.3. The van der Waals surface area contributed by atoms with Gasteiger partial charge in [0.05, 0.1) is 0 Å². The van der Waals surface area contributed by atoms with Gasteiger partial charge in [0.25, 0.3) is 0 Å². The largest absolute Gasteiger partial charge is 0.425 e. The van der Waals surface area contributed by atoms with E-state index in [4.69, 9.17) is 0 Å². The van der Waals surface area contributed by atoms with Crippen molar-refractivity contribution >= 4 is 23.9 Å². The SMILES string of the molecule is CC1=C(/C=C/C(C)=C/C=C/C(C)=C/C(=O)OC(=O)C(=O)OC(=O)/C=C(C)/C=C/C=C(C)/C=C/C2=C(C)CCCC2(C)C)C(C)(C)CCC1. The third kappa shape index (κ3) is 13.4. The highest BCUT2D eigenvalue weighted by Gasteiger charge is 2.27. The van der Waals surface area contributed by atoms with Crippen molar-refractivity contribution in [2.75, 3.05) is 0 Å². The van der Waals surface area contributed by atoms with Gasteiger partial charge in [-0.15, -0.1) is 0 Å². The van der Waals surface area contributed by atoms with Gasteiger partial charge in [-0.05, 0) is 113 Å². The van der Waals surface area contributed by atoms with E-state index in [0.717, 1.165) is 36.1 Å². The summed E-state index contributed by atoms with van der Waals surface area (Å²) >= 11 is 0. The minimum atomic E-state index is -1.57. The molecule has 0 aromatic carbocycles. The van der Waals surface area contributed by atoms with Crippen molar-refractivity contribution in [1.29, 1.82) is 0 Å². The molecule has 2 aliphatic rings. The van der Waals surface area contributed by atoms with Gasteiger partial charge in [-0.25, -0.2) is 19.2 Å². The molecule has 6 nitrogen and oxygen atoms in total. The van der Waals surface area contributed by atoms with Crippen LogP contribution in [0.5, 0.6) is 0 Å². The molecular formula is C42H54O6. The summed E-state index contributed by atoms with van der Waals surface area (Å²) in [5.74, 6) is -5.23. The number of esters is 4. The number of hydrogen-bond acceptors (Lipinski definition) is 6. The zero-order valence-corrected chi connectivity index (χ0v) is 30.6. The third-order valence-electron chi connectivity index (χ3n) is 8.79. The molecular weight excluding hydrogens is 600 g/mol. The van der Waals surface area contributed by atoms with E-state index >= 15 is 0 Å². The molecule has 6 heteroatoms. The summed E-state index contributed by atoms with van der Waals surface area (Å²) in [5, 5.41) is 0. The van der Waals surface area contributed by atoms with E-state index in [1.165, 1.54) is 48.0 Å². The zero-order chi connectivity index (χ0) is 36.1. The smallest absolute Gasteiger partial charge is 0.381 e. The highest BCUT2D eigenvalue weighted by atomic mass is 16.6. The van der Waals surface area contributed by atoms with Crippen LogP contribution in [0.2, 0.25) is 0 Å². The van der Waals surface area contributed by atoms with Crippen molar-refractivity contribution in [3.8, 4) is 0 Å². The Kier molecular flexibility index (Phi) is 15.2. The Labute approximate surface area is 288 Å². The van der Waals surface area contributed by atoms with E-state index in [0.29, 0.717) is 11.1 Å². The normalized spacial score (nSPS) is 19.6. The van der Waals surface area contributed by atoms with Crippen molar-refractivity contribution in [3.05, 3.63) is 117 Å². The fourth-order valence-electron chi connectivity index (χ4n) is 6.06. The van der Waals surface area contributed by atoms with Crippen LogP contribution in [-0.4, -0.2) is 23.9 Å². The molecule has 0 heterocycles. The fraction of sp³-hybridized carbons (Fsp3) is 0.429. The second-order valence-electron chi connectivity index (χ2n) is 14.3. The summed E-state index contributed by atoms with van der Waals surface area (Å²) in [7, 11) is 0. The minimum absolute atomic E-state index is 0.164. The van der Waals surface area contributed by atoms with E-state index in [1.807, 2.05) is 26.0 Å². The van der Waals surface area contributed by atoms with E-state index in [9.17, 15) is 19.2 Å². The predicted octanol–water partition coefficient (Wildman–Crippen LogP) is 10.2. The van der Waals surface area contributed by atoms with Crippen molar-refractivity contribution < 1.29 is 28.7 Å². The van der Waals surface area contributed by atoms with Gasteiger partial charge in [0.15, 0.2) is 0 Å². The van der Waals surface area contributed by atoms with E-state index < -0.39 is 23.9 Å². The van der Waals surface area contributed by atoms with Crippen LogP contribution in [0, 0.1) is 10.8 Å². The molecule has 0 saturated carbocycles. The second-order valence-corrected chi connectivity index (χ2v) is 14.3. The Balaban J connectivity index is 1.87. The lowest BCUT2D eigenvalue weighted by Gasteiger charge is -2.33. The molecule has 0 N–H and O–H groups in total. The Morgan fingerprint density at radius 3 is 1.25 bits per heavy atom. The molecule has 0 radical (unpaired) electrons. The standard InChI is InChI=1S/C42H54O6/c1-29(21-23-35-33(5)19-13-25-41(35,7)8)15-11-17-31(3)27-37(43)47-39(45)40(46)48-38(44)28-32(4)18-12-16-30(2)22-24-36-34(6)20-14-26-42(36,9)10/h11-12,15-18,21-24,27-28H,13-14,19-20,25-26H2,1-10H3/b17-11+,18-12+,23-21+,24-22+,29-15+,30-16+,31-27+,32-28+. The number of allylic oxidation sites excluding steroid dienone is 18. The van der Waals surface area contributed by atoms with Gasteiger partial charge in [0, 0.05) is 12.2 Å². The molecule has 2 rings (SSSR count). The molecule has 0 spiro atoms. The number of rotatable bonds is 10. The van der Waals surface area contributed by atoms with Gasteiger partial charge in [-0.2, -0.15) is 0 Å². The molecule has 2 aliphatic carbocycles. The zero-order valence-electron chi connectivity index (χ0n) is 30.6. The topological polar surface area (TPSA) is 86.7 Å². The second kappa shape index (κ2) is 18.3.